The van der Waals surface area contributed by atoms with E-state index in [0.717, 1.165) is 32.4 Å². The van der Waals surface area contributed by atoms with Crippen molar-refractivity contribution >= 4 is 11.6 Å². The van der Waals surface area contributed by atoms with Crippen LogP contribution in [0.25, 0.3) is 0 Å². The average molecular weight is 275 g/mol. The Morgan fingerprint density at radius 3 is 2.40 bits per heavy atom. The lowest BCUT2D eigenvalue weighted by Gasteiger charge is -2.33. The molecule has 2 rings (SSSR count). The number of hydrogen-bond donors (Lipinski definition) is 2. The number of primary amides is 1. The summed E-state index contributed by atoms with van der Waals surface area (Å²) in [6, 6.07) is 8.68. The van der Waals surface area contributed by atoms with Crippen LogP contribution >= 0.6 is 0 Å². The Bertz CT molecular complexity index is 436. The molecule has 4 N–H and O–H groups in total. The minimum Gasteiger partial charge on any atom is -0.372 e. The average Bonchev–Trinajstić information content (AvgIpc) is 2.47. The van der Waals surface area contributed by atoms with Crippen molar-refractivity contribution in [2.45, 2.75) is 38.6 Å². The van der Waals surface area contributed by atoms with Crippen LogP contribution in [-0.4, -0.2) is 19.0 Å². The second-order valence-electron chi connectivity index (χ2n) is 5.71. The third-order valence-corrected chi connectivity index (χ3v) is 4.23. The van der Waals surface area contributed by atoms with Gasteiger partial charge in [-0.2, -0.15) is 0 Å². The summed E-state index contributed by atoms with van der Waals surface area (Å²) in [6.07, 6.45) is 3.56. The van der Waals surface area contributed by atoms with Gasteiger partial charge in [0.05, 0.1) is 0 Å². The lowest BCUT2D eigenvalue weighted by atomic mass is 9.93. The van der Waals surface area contributed by atoms with Crippen LogP contribution in [0.1, 0.15) is 44.2 Å². The van der Waals surface area contributed by atoms with Crippen molar-refractivity contribution in [1.29, 1.82) is 0 Å². The SMILES string of the molecule is CCC(N)c1ccc(N2CCC(CC(N)=O)CC2)cc1. The zero-order valence-corrected chi connectivity index (χ0v) is 12.2. The van der Waals surface area contributed by atoms with Crippen LogP contribution in [0.15, 0.2) is 24.3 Å². The second kappa shape index (κ2) is 6.75. The molecule has 1 atom stereocenters. The molecule has 0 saturated carbocycles. The molecule has 4 nitrogen and oxygen atoms in total. The molecule has 20 heavy (non-hydrogen) atoms. The number of carbonyl (C=O) groups excluding carboxylic acids is 1. The number of nitrogens with zero attached hydrogens (tertiary/aromatic N) is 1. The van der Waals surface area contributed by atoms with Gasteiger partial charge in [-0.15, -0.1) is 0 Å². The van der Waals surface area contributed by atoms with E-state index in [2.05, 4.69) is 36.1 Å². The molecule has 1 aliphatic heterocycles. The van der Waals surface area contributed by atoms with Crippen LogP contribution in [0.4, 0.5) is 5.69 Å². The summed E-state index contributed by atoms with van der Waals surface area (Å²) in [5, 5.41) is 0. The number of rotatable bonds is 5. The van der Waals surface area contributed by atoms with Crippen LogP contribution in [0.5, 0.6) is 0 Å². The molecule has 1 saturated heterocycles. The van der Waals surface area contributed by atoms with Gasteiger partial charge in [0.2, 0.25) is 5.91 Å². The highest BCUT2D eigenvalue weighted by Crippen LogP contribution is 2.26. The van der Waals surface area contributed by atoms with Crippen molar-refractivity contribution < 1.29 is 4.79 Å². The highest BCUT2D eigenvalue weighted by atomic mass is 16.1. The molecule has 1 aromatic carbocycles. The summed E-state index contributed by atoms with van der Waals surface area (Å²) in [5.74, 6) is 0.276. The first-order valence-corrected chi connectivity index (χ1v) is 7.49. The van der Waals surface area contributed by atoms with E-state index in [0.29, 0.717) is 12.3 Å². The minimum atomic E-state index is -0.179. The zero-order chi connectivity index (χ0) is 14.5. The lowest BCUT2D eigenvalue weighted by Crippen LogP contribution is -2.35. The Morgan fingerprint density at radius 1 is 1.30 bits per heavy atom. The molecular formula is C16H25N3O. The molecule has 1 heterocycles. The van der Waals surface area contributed by atoms with Gasteiger partial charge >= 0.3 is 0 Å². The first-order chi connectivity index (χ1) is 9.60. The molecule has 0 aromatic heterocycles. The van der Waals surface area contributed by atoms with Crippen LogP contribution < -0.4 is 16.4 Å². The van der Waals surface area contributed by atoms with Crippen LogP contribution in [0.2, 0.25) is 0 Å². The van der Waals surface area contributed by atoms with Gasteiger partial charge in [-0.05, 0) is 42.9 Å². The molecule has 0 bridgehead atoms. The van der Waals surface area contributed by atoms with E-state index in [1.165, 1.54) is 11.3 Å². The molecule has 1 amide bonds. The van der Waals surface area contributed by atoms with Crippen LogP contribution in [-0.2, 0) is 4.79 Å². The maximum absolute atomic E-state index is 10.9. The summed E-state index contributed by atoms with van der Waals surface area (Å²) >= 11 is 0. The van der Waals surface area contributed by atoms with Crippen LogP contribution in [0, 0.1) is 5.92 Å². The topological polar surface area (TPSA) is 72.3 Å². The Hall–Kier alpha value is -1.55. The fourth-order valence-corrected chi connectivity index (χ4v) is 2.85. The number of hydrogen-bond acceptors (Lipinski definition) is 3. The number of amides is 1. The van der Waals surface area contributed by atoms with Gasteiger partial charge in [0.1, 0.15) is 0 Å². The first kappa shape index (κ1) is 14.9. The third-order valence-electron chi connectivity index (χ3n) is 4.23. The largest absolute Gasteiger partial charge is 0.372 e. The van der Waals surface area contributed by atoms with Crippen molar-refractivity contribution in [2.75, 3.05) is 18.0 Å². The fourth-order valence-electron chi connectivity index (χ4n) is 2.85. The molecule has 1 aliphatic rings. The fraction of sp³-hybridized carbons (Fsp3) is 0.562. The molecular weight excluding hydrogens is 250 g/mol. The molecule has 0 aliphatic carbocycles. The molecule has 1 aromatic rings. The van der Waals surface area contributed by atoms with E-state index in [-0.39, 0.29) is 11.9 Å². The van der Waals surface area contributed by atoms with E-state index >= 15 is 0 Å². The molecule has 4 heteroatoms. The Balaban J connectivity index is 1.92. The summed E-state index contributed by atoms with van der Waals surface area (Å²) in [4.78, 5) is 13.3. The predicted molar refractivity (Wildman–Crippen MR) is 82.4 cm³/mol. The van der Waals surface area contributed by atoms with Gasteiger partial charge in [-0.3, -0.25) is 4.79 Å². The zero-order valence-electron chi connectivity index (χ0n) is 12.2. The van der Waals surface area contributed by atoms with E-state index in [1.54, 1.807) is 0 Å². The normalized spacial score (nSPS) is 18.0. The summed E-state index contributed by atoms with van der Waals surface area (Å²) in [6.45, 7) is 4.09. The van der Waals surface area contributed by atoms with E-state index in [4.69, 9.17) is 11.5 Å². The Kier molecular flexibility index (Phi) is 5.01. The molecule has 0 spiro atoms. The summed E-state index contributed by atoms with van der Waals surface area (Å²) in [7, 11) is 0. The van der Waals surface area contributed by atoms with Gasteiger partial charge < -0.3 is 16.4 Å². The predicted octanol–water partition coefficient (Wildman–Crippen LogP) is 2.19. The summed E-state index contributed by atoms with van der Waals surface area (Å²) < 4.78 is 0. The highest BCUT2D eigenvalue weighted by molar-refractivity contribution is 5.74. The molecule has 1 fully saturated rings. The minimum absolute atomic E-state index is 0.130. The van der Waals surface area contributed by atoms with Gasteiger partial charge in [0, 0.05) is 31.2 Å². The smallest absolute Gasteiger partial charge is 0.217 e. The number of carbonyl (C=O) groups is 1. The second-order valence-corrected chi connectivity index (χ2v) is 5.71. The molecule has 1 unspecified atom stereocenters. The maximum atomic E-state index is 10.9. The van der Waals surface area contributed by atoms with Crippen molar-refractivity contribution in [1.82, 2.24) is 0 Å². The highest BCUT2D eigenvalue weighted by Gasteiger charge is 2.20. The van der Waals surface area contributed by atoms with Crippen molar-refractivity contribution in [3.63, 3.8) is 0 Å². The van der Waals surface area contributed by atoms with Gasteiger partial charge in [0.25, 0.3) is 0 Å². The molecule has 0 radical (unpaired) electrons. The van der Waals surface area contributed by atoms with E-state index in [1.807, 2.05) is 0 Å². The van der Waals surface area contributed by atoms with Crippen molar-refractivity contribution in [3.8, 4) is 0 Å². The number of nitrogens with two attached hydrogens (primary N) is 2. The number of piperidine rings is 1. The van der Waals surface area contributed by atoms with Gasteiger partial charge in [-0.1, -0.05) is 19.1 Å². The van der Waals surface area contributed by atoms with Crippen LogP contribution in [0.3, 0.4) is 0 Å². The van der Waals surface area contributed by atoms with Crippen molar-refractivity contribution in [3.05, 3.63) is 29.8 Å². The lowest BCUT2D eigenvalue weighted by molar-refractivity contribution is -0.119. The van der Waals surface area contributed by atoms with Crippen molar-refractivity contribution in [2.24, 2.45) is 17.4 Å². The van der Waals surface area contributed by atoms with E-state index < -0.39 is 0 Å². The third kappa shape index (κ3) is 3.73. The standard InChI is InChI=1S/C16H25N3O/c1-2-15(17)13-3-5-14(6-4-13)19-9-7-12(8-10-19)11-16(18)20/h3-6,12,15H,2,7-11,17H2,1H3,(H2,18,20). The monoisotopic (exact) mass is 275 g/mol. The van der Waals surface area contributed by atoms with Gasteiger partial charge in [-0.25, -0.2) is 0 Å². The first-order valence-electron chi connectivity index (χ1n) is 7.49. The van der Waals surface area contributed by atoms with Gasteiger partial charge in [0.15, 0.2) is 0 Å². The number of anilines is 1. The Morgan fingerprint density at radius 2 is 1.90 bits per heavy atom. The number of benzene rings is 1. The quantitative estimate of drug-likeness (QED) is 0.865. The maximum Gasteiger partial charge on any atom is 0.217 e. The summed E-state index contributed by atoms with van der Waals surface area (Å²) in [5.41, 5.74) is 13.7. The van der Waals surface area contributed by atoms with E-state index in [9.17, 15) is 4.79 Å². The Labute approximate surface area is 121 Å². The molecule has 110 valence electrons.